The van der Waals surface area contributed by atoms with Crippen LogP contribution in [-0.4, -0.2) is 64.5 Å². The molecule has 0 unspecified atom stereocenters. The number of aryl methyl sites for hydroxylation is 1. The molecule has 0 N–H and O–H groups in total. The molecule has 0 saturated carbocycles. The van der Waals surface area contributed by atoms with E-state index in [9.17, 15) is 9.59 Å². The number of hydrogen-bond acceptors (Lipinski definition) is 5. The molecule has 7 nitrogen and oxygen atoms in total. The molecule has 3 aromatic carbocycles. The Kier molecular flexibility index (Phi) is 8.41. The summed E-state index contributed by atoms with van der Waals surface area (Å²) in [6.45, 7) is 6.25. The Morgan fingerprint density at radius 3 is 2.20 bits per heavy atom. The van der Waals surface area contributed by atoms with E-state index in [4.69, 9.17) is 11.6 Å². The zero-order chi connectivity index (χ0) is 28.1. The van der Waals surface area contributed by atoms with Crippen LogP contribution in [0.5, 0.6) is 0 Å². The molecule has 1 aromatic heterocycles. The molecule has 2 heterocycles. The summed E-state index contributed by atoms with van der Waals surface area (Å²) in [6, 6.07) is 28.5. The van der Waals surface area contributed by atoms with Gasteiger partial charge in [-0.15, -0.1) is 10.2 Å². The zero-order valence-corrected chi connectivity index (χ0v) is 23.5. The summed E-state index contributed by atoms with van der Waals surface area (Å²) in [6.07, 6.45) is 0. The average Bonchev–Trinajstić information content (AvgIpc) is 3.00. The third kappa shape index (κ3) is 6.00. The number of hydrogen-bond donors (Lipinski definition) is 0. The van der Waals surface area contributed by atoms with Gasteiger partial charge in [-0.2, -0.15) is 0 Å². The van der Waals surface area contributed by atoms with Crippen molar-refractivity contribution in [3.8, 4) is 11.3 Å². The highest BCUT2D eigenvalue weighted by Gasteiger charge is 2.29. The van der Waals surface area contributed by atoms with E-state index in [0.717, 1.165) is 22.5 Å². The lowest BCUT2D eigenvalue weighted by atomic mass is 10.0. The number of nitrogens with zero attached hydrogens (tertiary/aromatic N) is 5. The van der Waals surface area contributed by atoms with Crippen molar-refractivity contribution < 1.29 is 9.59 Å². The lowest BCUT2D eigenvalue weighted by molar-refractivity contribution is -0.132. The van der Waals surface area contributed by atoms with Gasteiger partial charge in [-0.3, -0.25) is 9.59 Å². The van der Waals surface area contributed by atoms with Crippen LogP contribution in [0.15, 0.2) is 91.0 Å². The van der Waals surface area contributed by atoms with Gasteiger partial charge in [0.2, 0.25) is 5.91 Å². The summed E-state index contributed by atoms with van der Waals surface area (Å²) in [5, 5.41) is 9.43. The minimum atomic E-state index is -0.259. The van der Waals surface area contributed by atoms with E-state index in [1.54, 1.807) is 4.90 Å². The maximum Gasteiger partial charge on any atom is 0.255 e. The van der Waals surface area contributed by atoms with E-state index in [2.05, 4.69) is 15.1 Å². The first-order chi connectivity index (χ1) is 19.4. The van der Waals surface area contributed by atoms with E-state index in [1.165, 1.54) is 0 Å². The molecular formula is C32H32ClN5O2. The van der Waals surface area contributed by atoms with Gasteiger partial charge in [0.05, 0.1) is 16.8 Å². The number of piperazine rings is 1. The van der Waals surface area contributed by atoms with Crippen molar-refractivity contribution in [1.82, 2.24) is 20.0 Å². The first-order valence-corrected chi connectivity index (χ1v) is 13.8. The first-order valence-electron chi connectivity index (χ1n) is 13.5. The van der Waals surface area contributed by atoms with Crippen molar-refractivity contribution in [3.05, 3.63) is 113 Å². The zero-order valence-electron chi connectivity index (χ0n) is 22.7. The monoisotopic (exact) mass is 553 g/mol. The van der Waals surface area contributed by atoms with Gasteiger partial charge in [-0.25, -0.2) is 0 Å². The summed E-state index contributed by atoms with van der Waals surface area (Å²) in [7, 11) is 0. The van der Waals surface area contributed by atoms with Gasteiger partial charge in [0.15, 0.2) is 5.82 Å². The number of amides is 2. The predicted octanol–water partition coefficient (Wildman–Crippen LogP) is 5.66. The van der Waals surface area contributed by atoms with Gasteiger partial charge in [0, 0.05) is 37.3 Å². The molecule has 2 amide bonds. The summed E-state index contributed by atoms with van der Waals surface area (Å²) < 4.78 is 0. The fraction of sp³-hybridized carbons (Fsp3) is 0.250. The normalized spacial score (nSPS) is 14.1. The van der Waals surface area contributed by atoms with E-state index in [-0.39, 0.29) is 24.4 Å². The fourth-order valence-corrected chi connectivity index (χ4v) is 5.23. The molecule has 204 valence electrons. The van der Waals surface area contributed by atoms with Crippen LogP contribution in [-0.2, 0) is 4.79 Å². The second-order valence-electron chi connectivity index (χ2n) is 9.96. The first kappa shape index (κ1) is 27.3. The summed E-state index contributed by atoms with van der Waals surface area (Å²) >= 11 is 6.30. The Hall–Kier alpha value is -4.23. The van der Waals surface area contributed by atoms with Crippen molar-refractivity contribution in [3.63, 3.8) is 0 Å². The highest BCUT2D eigenvalue weighted by Crippen LogP contribution is 2.27. The number of halogens is 1. The van der Waals surface area contributed by atoms with Gasteiger partial charge in [-0.1, -0.05) is 78.3 Å². The van der Waals surface area contributed by atoms with Crippen LogP contribution >= 0.6 is 11.6 Å². The highest BCUT2D eigenvalue weighted by molar-refractivity contribution is 6.33. The number of anilines is 1. The van der Waals surface area contributed by atoms with Crippen molar-refractivity contribution in [2.75, 3.05) is 37.6 Å². The van der Waals surface area contributed by atoms with Crippen LogP contribution < -0.4 is 4.90 Å². The predicted molar refractivity (Wildman–Crippen MR) is 158 cm³/mol. The number of carbonyl (C=O) groups excluding carboxylic acids is 2. The van der Waals surface area contributed by atoms with Crippen LogP contribution in [0, 0.1) is 6.92 Å². The average molecular weight is 554 g/mol. The molecule has 1 aliphatic heterocycles. The van der Waals surface area contributed by atoms with Crippen molar-refractivity contribution in [2.45, 2.75) is 19.9 Å². The Labute approximate surface area is 240 Å². The second kappa shape index (κ2) is 12.3. The Morgan fingerprint density at radius 2 is 1.52 bits per heavy atom. The minimum absolute atomic E-state index is 0.00949. The molecule has 5 rings (SSSR count). The van der Waals surface area contributed by atoms with Gasteiger partial charge < -0.3 is 14.7 Å². The van der Waals surface area contributed by atoms with Crippen molar-refractivity contribution in [2.24, 2.45) is 0 Å². The topological polar surface area (TPSA) is 69.6 Å². The van der Waals surface area contributed by atoms with E-state index in [0.29, 0.717) is 42.5 Å². The lowest BCUT2D eigenvalue weighted by Gasteiger charge is -2.37. The molecule has 8 heteroatoms. The van der Waals surface area contributed by atoms with E-state index in [1.807, 2.05) is 110 Å². The number of carbonyl (C=O) groups is 2. The number of rotatable bonds is 7. The van der Waals surface area contributed by atoms with Crippen LogP contribution in [0.25, 0.3) is 11.3 Å². The van der Waals surface area contributed by atoms with Crippen molar-refractivity contribution in [1.29, 1.82) is 0 Å². The van der Waals surface area contributed by atoms with Gasteiger partial charge in [-0.05, 0) is 49.2 Å². The Bertz CT molecular complexity index is 1470. The van der Waals surface area contributed by atoms with Gasteiger partial charge in [0.25, 0.3) is 5.91 Å². The fourth-order valence-electron chi connectivity index (χ4n) is 5.00. The van der Waals surface area contributed by atoms with Crippen LogP contribution in [0.2, 0.25) is 5.02 Å². The minimum Gasteiger partial charge on any atom is -0.352 e. The Balaban J connectivity index is 1.26. The number of benzene rings is 3. The maximum atomic E-state index is 13.7. The molecule has 1 atom stereocenters. The van der Waals surface area contributed by atoms with Crippen LogP contribution in [0.4, 0.5) is 5.82 Å². The SMILES string of the molecule is Cc1ccccc1C(=O)N(CC(=O)N1CCN(c2ccc(-c3ccccc3Cl)nn2)CC1)[C@H](C)c1ccccc1. The molecule has 0 spiro atoms. The van der Waals surface area contributed by atoms with Gasteiger partial charge >= 0.3 is 0 Å². The van der Waals surface area contributed by atoms with Crippen LogP contribution in [0.3, 0.4) is 0 Å². The summed E-state index contributed by atoms with van der Waals surface area (Å²) in [4.78, 5) is 32.9. The molecule has 0 bridgehead atoms. The molecule has 1 fully saturated rings. The molecule has 0 radical (unpaired) electrons. The quantitative estimate of drug-likeness (QED) is 0.295. The highest BCUT2D eigenvalue weighted by atomic mass is 35.5. The summed E-state index contributed by atoms with van der Waals surface area (Å²) in [5.74, 6) is 0.553. The second-order valence-corrected chi connectivity index (χ2v) is 10.4. The maximum absolute atomic E-state index is 13.7. The van der Waals surface area contributed by atoms with E-state index >= 15 is 0 Å². The molecular weight excluding hydrogens is 522 g/mol. The molecule has 0 aliphatic carbocycles. The van der Waals surface area contributed by atoms with Gasteiger partial charge in [0.1, 0.15) is 6.54 Å². The molecule has 4 aromatic rings. The van der Waals surface area contributed by atoms with E-state index < -0.39 is 0 Å². The standard InChI is InChI=1S/C32H32ClN5O2/c1-23-10-6-7-13-26(23)32(40)38(24(2)25-11-4-3-5-12-25)22-31(39)37-20-18-36(19-21-37)30-17-16-29(34-35-30)27-14-8-9-15-28(27)33/h3-17,24H,18-22H2,1-2H3/t24-/m1/s1. The van der Waals surface area contributed by atoms with Crippen LogP contribution in [0.1, 0.15) is 34.5 Å². The van der Waals surface area contributed by atoms with Crippen molar-refractivity contribution >= 4 is 29.2 Å². The number of aromatic nitrogens is 2. The smallest absolute Gasteiger partial charge is 0.255 e. The Morgan fingerprint density at radius 1 is 0.850 bits per heavy atom. The lowest BCUT2D eigenvalue weighted by Crippen LogP contribution is -2.52. The third-order valence-electron chi connectivity index (χ3n) is 7.45. The molecule has 1 aliphatic rings. The molecule has 1 saturated heterocycles. The third-order valence-corrected chi connectivity index (χ3v) is 7.78. The summed E-state index contributed by atoms with van der Waals surface area (Å²) in [5.41, 5.74) is 4.05. The molecule has 40 heavy (non-hydrogen) atoms. The largest absolute Gasteiger partial charge is 0.352 e.